The molecule has 0 radical (unpaired) electrons. The third kappa shape index (κ3) is 2.74. The lowest BCUT2D eigenvalue weighted by Crippen LogP contribution is -2.31. The number of furan rings is 1. The van der Waals surface area contributed by atoms with Gasteiger partial charge >= 0.3 is 0 Å². The van der Waals surface area contributed by atoms with Crippen molar-refractivity contribution in [2.45, 2.75) is 25.8 Å². The standard InChI is InChI=1S/C15H22N2O/c1-3-4-9-17(2)13(11-16)15-10-12-7-5-6-8-14(12)18-15/h5-8,10,13H,3-4,9,11,16H2,1-2H3. The molecule has 18 heavy (non-hydrogen) atoms. The summed E-state index contributed by atoms with van der Waals surface area (Å²) in [6.45, 7) is 3.84. The number of fused-ring (bicyclic) bond motifs is 1. The predicted octanol–water partition coefficient (Wildman–Crippen LogP) is 3.16. The second-order valence-electron chi connectivity index (χ2n) is 4.77. The average Bonchev–Trinajstić information content (AvgIpc) is 2.80. The normalized spacial score (nSPS) is 13.3. The van der Waals surface area contributed by atoms with E-state index in [1.165, 1.54) is 12.8 Å². The number of para-hydroxylation sites is 1. The molecule has 2 aromatic rings. The van der Waals surface area contributed by atoms with Crippen LogP contribution in [0.4, 0.5) is 0 Å². The van der Waals surface area contributed by atoms with Gasteiger partial charge in [-0.05, 0) is 32.1 Å². The Labute approximate surface area is 109 Å². The van der Waals surface area contributed by atoms with Gasteiger partial charge in [-0.3, -0.25) is 4.90 Å². The molecule has 0 bridgehead atoms. The number of hydrogen-bond donors (Lipinski definition) is 1. The summed E-state index contributed by atoms with van der Waals surface area (Å²) >= 11 is 0. The van der Waals surface area contributed by atoms with E-state index in [1.807, 2.05) is 18.2 Å². The molecule has 1 heterocycles. The number of rotatable bonds is 6. The molecule has 98 valence electrons. The van der Waals surface area contributed by atoms with E-state index in [0.717, 1.165) is 23.3 Å². The minimum Gasteiger partial charge on any atom is -0.459 e. The van der Waals surface area contributed by atoms with E-state index >= 15 is 0 Å². The minimum absolute atomic E-state index is 0.170. The SMILES string of the molecule is CCCCN(C)C(CN)c1cc2ccccc2o1. The van der Waals surface area contributed by atoms with Gasteiger partial charge in [-0.15, -0.1) is 0 Å². The van der Waals surface area contributed by atoms with Gasteiger partial charge in [0, 0.05) is 11.9 Å². The summed E-state index contributed by atoms with van der Waals surface area (Å²) in [6.07, 6.45) is 2.38. The number of hydrogen-bond acceptors (Lipinski definition) is 3. The fraction of sp³-hybridized carbons (Fsp3) is 0.467. The van der Waals surface area contributed by atoms with Crippen LogP contribution in [-0.2, 0) is 0 Å². The average molecular weight is 246 g/mol. The van der Waals surface area contributed by atoms with Crippen LogP contribution in [0.1, 0.15) is 31.6 Å². The van der Waals surface area contributed by atoms with Crippen molar-refractivity contribution in [1.29, 1.82) is 0 Å². The molecule has 0 fully saturated rings. The molecule has 0 saturated carbocycles. The Balaban J connectivity index is 2.20. The molecular weight excluding hydrogens is 224 g/mol. The molecule has 1 aromatic heterocycles. The van der Waals surface area contributed by atoms with Gasteiger partial charge in [0.1, 0.15) is 11.3 Å². The second kappa shape index (κ2) is 6.03. The molecule has 3 heteroatoms. The highest BCUT2D eigenvalue weighted by Crippen LogP contribution is 2.26. The molecule has 1 aromatic carbocycles. The quantitative estimate of drug-likeness (QED) is 0.851. The summed E-state index contributed by atoms with van der Waals surface area (Å²) in [5.41, 5.74) is 6.84. The fourth-order valence-electron chi connectivity index (χ4n) is 2.24. The number of nitrogens with two attached hydrogens (primary N) is 1. The Hall–Kier alpha value is -1.32. The maximum atomic E-state index is 5.90. The number of benzene rings is 1. The summed E-state index contributed by atoms with van der Waals surface area (Å²) in [5, 5.41) is 1.15. The van der Waals surface area contributed by atoms with Crippen molar-refractivity contribution >= 4 is 11.0 Å². The van der Waals surface area contributed by atoms with Crippen molar-refractivity contribution in [1.82, 2.24) is 4.90 Å². The first-order valence-corrected chi connectivity index (χ1v) is 6.65. The van der Waals surface area contributed by atoms with E-state index in [0.29, 0.717) is 6.54 Å². The zero-order chi connectivity index (χ0) is 13.0. The Morgan fingerprint density at radius 3 is 2.78 bits per heavy atom. The van der Waals surface area contributed by atoms with Crippen molar-refractivity contribution in [3.63, 3.8) is 0 Å². The Bertz CT molecular complexity index is 459. The monoisotopic (exact) mass is 246 g/mol. The lowest BCUT2D eigenvalue weighted by Gasteiger charge is -2.24. The van der Waals surface area contributed by atoms with Crippen LogP contribution in [0.2, 0.25) is 0 Å². The van der Waals surface area contributed by atoms with E-state index in [2.05, 4.69) is 31.0 Å². The van der Waals surface area contributed by atoms with Crippen molar-refractivity contribution in [2.75, 3.05) is 20.1 Å². The number of likely N-dealkylation sites (N-methyl/N-ethyl adjacent to an activating group) is 1. The summed E-state index contributed by atoms with van der Waals surface area (Å²) < 4.78 is 5.90. The maximum Gasteiger partial charge on any atom is 0.134 e. The number of nitrogens with zero attached hydrogens (tertiary/aromatic N) is 1. The third-order valence-electron chi connectivity index (χ3n) is 3.39. The fourth-order valence-corrected chi connectivity index (χ4v) is 2.24. The van der Waals surface area contributed by atoms with Crippen LogP contribution >= 0.6 is 0 Å². The third-order valence-corrected chi connectivity index (χ3v) is 3.39. The molecule has 2 rings (SSSR count). The Morgan fingerprint density at radius 2 is 2.11 bits per heavy atom. The lowest BCUT2D eigenvalue weighted by atomic mass is 10.1. The van der Waals surface area contributed by atoms with Crippen LogP contribution in [0, 0.1) is 0 Å². The zero-order valence-corrected chi connectivity index (χ0v) is 11.2. The van der Waals surface area contributed by atoms with Gasteiger partial charge in [-0.2, -0.15) is 0 Å². The van der Waals surface area contributed by atoms with Crippen LogP contribution in [0.15, 0.2) is 34.7 Å². The van der Waals surface area contributed by atoms with Crippen LogP contribution in [0.25, 0.3) is 11.0 Å². The van der Waals surface area contributed by atoms with Crippen molar-refractivity contribution in [3.8, 4) is 0 Å². The summed E-state index contributed by atoms with van der Waals surface area (Å²) in [5.74, 6) is 0.970. The molecular formula is C15H22N2O. The number of unbranched alkanes of at least 4 members (excludes halogenated alkanes) is 1. The van der Waals surface area contributed by atoms with E-state index in [1.54, 1.807) is 0 Å². The van der Waals surface area contributed by atoms with E-state index < -0.39 is 0 Å². The first-order valence-electron chi connectivity index (χ1n) is 6.65. The van der Waals surface area contributed by atoms with Crippen LogP contribution in [0.3, 0.4) is 0 Å². The molecule has 1 unspecified atom stereocenters. The topological polar surface area (TPSA) is 42.4 Å². The largest absolute Gasteiger partial charge is 0.459 e. The summed E-state index contributed by atoms with van der Waals surface area (Å²) in [6, 6.07) is 10.4. The van der Waals surface area contributed by atoms with Crippen molar-refractivity contribution in [3.05, 3.63) is 36.1 Å². The van der Waals surface area contributed by atoms with Gasteiger partial charge < -0.3 is 10.2 Å². The lowest BCUT2D eigenvalue weighted by molar-refractivity contribution is 0.221. The molecule has 3 nitrogen and oxygen atoms in total. The first kappa shape index (κ1) is 13.1. The van der Waals surface area contributed by atoms with Gasteiger partial charge in [0.15, 0.2) is 0 Å². The van der Waals surface area contributed by atoms with Gasteiger partial charge in [-0.25, -0.2) is 0 Å². The highest BCUT2D eigenvalue weighted by atomic mass is 16.3. The zero-order valence-electron chi connectivity index (χ0n) is 11.2. The molecule has 0 aliphatic heterocycles. The van der Waals surface area contributed by atoms with Crippen molar-refractivity contribution in [2.24, 2.45) is 5.73 Å². The highest BCUT2D eigenvalue weighted by molar-refractivity contribution is 5.77. The second-order valence-corrected chi connectivity index (χ2v) is 4.77. The molecule has 0 amide bonds. The van der Waals surface area contributed by atoms with Crippen LogP contribution < -0.4 is 5.73 Å². The van der Waals surface area contributed by atoms with E-state index in [4.69, 9.17) is 10.2 Å². The molecule has 1 atom stereocenters. The summed E-state index contributed by atoms with van der Waals surface area (Å²) in [4.78, 5) is 2.28. The van der Waals surface area contributed by atoms with E-state index in [9.17, 15) is 0 Å². The van der Waals surface area contributed by atoms with Crippen molar-refractivity contribution < 1.29 is 4.42 Å². The molecule has 0 saturated heterocycles. The maximum absolute atomic E-state index is 5.90. The van der Waals surface area contributed by atoms with E-state index in [-0.39, 0.29) is 6.04 Å². The Morgan fingerprint density at radius 1 is 1.33 bits per heavy atom. The van der Waals surface area contributed by atoms with Crippen LogP contribution in [0.5, 0.6) is 0 Å². The summed E-state index contributed by atoms with van der Waals surface area (Å²) in [7, 11) is 2.11. The highest BCUT2D eigenvalue weighted by Gasteiger charge is 2.19. The van der Waals surface area contributed by atoms with Crippen LogP contribution in [-0.4, -0.2) is 25.0 Å². The minimum atomic E-state index is 0.170. The van der Waals surface area contributed by atoms with Gasteiger partial charge in [-0.1, -0.05) is 31.5 Å². The predicted molar refractivity (Wildman–Crippen MR) is 75.5 cm³/mol. The first-order chi connectivity index (χ1) is 8.76. The molecule has 0 aliphatic carbocycles. The Kier molecular flexibility index (Phi) is 4.39. The van der Waals surface area contributed by atoms with Gasteiger partial charge in [0.25, 0.3) is 0 Å². The smallest absolute Gasteiger partial charge is 0.134 e. The molecule has 0 spiro atoms. The molecule has 0 aliphatic rings. The van der Waals surface area contributed by atoms with Gasteiger partial charge in [0.2, 0.25) is 0 Å². The molecule has 2 N–H and O–H groups in total. The van der Waals surface area contributed by atoms with Gasteiger partial charge in [0.05, 0.1) is 6.04 Å².